The molecule has 9 rings (SSSR count). The molecule has 3 heterocycles. The molecule has 0 bridgehead atoms. The van der Waals surface area contributed by atoms with Crippen LogP contribution in [0, 0.1) is 17.9 Å². The van der Waals surface area contributed by atoms with Gasteiger partial charge in [0.05, 0.1) is 34.7 Å². The van der Waals surface area contributed by atoms with Crippen molar-refractivity contribution in [3.63, 3.8) is 0 Å². The van der Waals surface area contributed by atoms with Crippen molar-refractivity contribution < 1.29 is 4.42 Å². The van der Waals surface area contributed by atoms with Gasteiger partial charge in [-0.1, -0.05) is 103 Å². The van der Waals surface area contributed by atoms with Gasteiger partial charge in [-0.2, -0.15) is 5.26 Å². The van der Waals surface area contributed by atoms with Crippen molar-refractivity contribution >= 4 is 49.4 Å². The molecule has 0 saturated heterocycles. The molecular formula is C42H23N5O. The Balaban J connectivity index is 1.30. The van der Waals surface area contributed by atoms with E-state index in [1.54, 1.807) is 0 Å². The zero-order chi connectivity index (χ0) is 32.2. The van der Waals surface area contributed by atoms with E-state index in [2.05, 4.69) is 45.8 Å². The summed E-state index contributed by atoms with van der Waals surface area (Å²) in [6, 6.07) is 48.1. The minimum Gasteiger partial charge on any atom is -0.456 e. The number of nitriles is 1. The molecule has 0 atom stereocenters. The molecule has 0 N–H and O–H groups in total. The maximum atomic E-state index is 10.5. The molecule has 6 nitrogen and oxygen atoms in total. The highest BCUT2D eigenvalue weighted by Gasteiger charge is 2.22. The van der Waals surface area contributed by atoms with Crippen molar-refractivity contribution in [1.29, 1.82) is 5.26 Å². The monoisotopic (exact) mass is 613 g/mol. The van der Waals surface area contributed by atoms with Gasteiger partial charge in [-0.25, -0.2) is 14.8 Å². The first-order chi connectivity index (χ1) is 23.7. The van der Waals surface area contributed by atoms with Crippen molar-refractivity contribution in [2.45, 2.75) is 0 Å². The maximum Gasteiger partial charge on any atom is 0.211 e. The van der Waals surface area contributed by atoms with Crippen LogP contribution in [-0.2, 0) is 0 Å². The molecule has 0 amide bonds. The van der Waals surface area contributed by atoms with Gasteiger partial charge in [0, 0.05) is 32.7 Å². The number of fused-ring (bicyclic) bond motifs is 6. The molecule has 0 fully saturated rings. The summed E-state index contributed by atoms with van der Waals surface area (Å²) in [5, 5.41) is 14.7. The molecule has 0 spiro atoms. The predicted octanol–water partition coefficient (Wildman–Crippen LogP) is 10.9. The lowest BCUT2D eigenvalue weighted by Gasteiger charge is -2.15. The van der Waals surface area contributed by atoms with E-state index < -0.39 is 0 Å². The zero-order valence-electron chi connectivity index (χ0n) is 25.4. The lowest BCUT2D eigenvalue weighted by Crippen LogP contribution is -2.01. The van der Waals surface area contributed by atoms with Crippen LogP contribution < -0.4 is 0 Å². The summed E-state index contributed by atoms with van der Waals surface area (Å²) in [5.41, 5.74) is 8.52. The van der Waals surface area contributed by atoms with E-state index in [0.717, 1.165) is 60.6 Å². The molecule has 0 aliphatic rings. The molecule has 0 aliphatic carbocycles. The Kier molecular flexibility index (Phi) is 6.15. The Morgan fingerprint density at radius 3 is 2.00 bits per heavy atom. The van der Waals surface area contributed by atoms with Gasteiger partial charge in [0.15, 0.2) is 5.82 Å². The Bertz CT molecular complexity index is 2800. The summed E-state index contributed by atoms with van der Waals surface area (Å²) in [4.78, 5) is 13.8. The Morgan fingerprint density at radius 1 is 0.583 bits per heavy atom. The van der Waals surface area contributed by atoms with Crippen LogP contribution in [0.5, 0.6) is 0 Å². The number of furan rings is 1. The van der Waals surface area contributed by atoms with Gasteiger partial charge < -0.3 is 8.98 Å². The lowest BCUT2D eigenvalue weighted by atomic mass is 9.99. The number of hydrogen-bond acceptors (Lipinski definition) is 4. The summed E-state index contributed by atoms with van der Waals surface area (Å²) in [5.74, 6) is 0.510. The maximum absolute atomic E-state index is 10.5. The highest BCUT2D eigenvalue weighted by Crippen LogP contribution is 2.41. The summed E-state index contributed by atoms with van der Waals surface area (Å²) >= 11 is 0. The molecule has 0 radical (unpaired) electrons. The van der Waals surface area contributed by atoms with Crippen LogP contribution in [0.15, 0.2) is 144 Å². The molecule has 0 saturated carbocycles. The average molecular weight is 614 g/mol. The fraction of sp³-hybridized carbons (Fsp3) is 0. The summed E-state index contributed by atoms with van der Waals surface area (Å²) < 4.78 is 8.39. The Labute approximate surface area is 275 Å². The van der Waals surface area contributed by atoms with Crippen LogP contribution in [0.25, 0.3) is 88.2 Å². The van der Waals surface area contributed by atoms with E-state index >= 15 is 0 Å². The molecular weight excluding hydrogens is 590 g/mol. The average Bonchev–Trinajstić information content (AvgIpc) is 3.68. The first-order valence-corrected chi connectivity index (χ1v) is 15.5. The molecule has 222 valence electrons. The third-order valence-electron chi connectivity index (χ3n) is 8.88. The number of para-hydroxylation sites is 2. The minimum absolute atomic E-state index is 0.357. The van der Waals surface area contributed by atoms with E-state index in [0.29, 0.717) is 34.0 Å². The van der Waals surface area contributed by atoms with Gasteiger partial charge in [0.25, 0.3) is 0 Å². The second kappa shape index (κ2) is 10.8. The molecule has 3 aromatic heterocycles. The predicted molar refractivity (Wildman–Crippen MR) is 191 cm³/mol. The zero-order valence-corrected chi connectivity index (χ0v) is 25.4. The highest BCUT2D eigenvalue weighted by atomic mass is 16.3. The van der Waals surface area contributed by atoms with E-state index in [4.69, 9.17) is 21.0 Å². The molecule has 9 aromatic rings. The standard InChI is InChI=1S/C42H23N5O/c1-44-34-22-28(41-33(25-43)40(26-12-4-2-5-13-26)45-42(46-41)27-14-6-3-7-15-27)20-21-36(34)47-35-18-10-8-16-29(35)31-24-39-32(23-37(31)47)30-17-9-11-19-38(30)48-39/h2-24H. The fourth-order valence-electron chi connectivity index (χ4n) is 6.69. The second-order valence-electron chi connectivity index (χ2n) is 11.6. The third kappa shape index (κ3) is 4.18. The third-order valence-corrected chi connectivity index (χ3v) is 8.88. The van der Waals surface area contributed by atoms with Gasteiger partial charge in [0.1, 0.15) is 22.8 Å². The van der Waals surface area contributed by atoms with E-state index in [-0.39, 0.29) is 0 Å². The summed E-state index contributed by atoms with van der Waals surface area (Å²) in [7, 11) is 0. The fourth-order valence-corrected chi connectivity index (χ4v) is 6.69. The number of benzene rings is 6. The van der Waals surface area contributed by atoms with E-state index in [1.165, 1.54) is 0 Å². The summed E-state index contributed by atoms with van der Waals surface area (Å²) in [6.45, 7) is 8.33. The van der Waals surface area contributed by atoms with Crippen LogP contribution >= 0.6 is 0 Å². The van der Waals surface area contributed by atoms with Crippen molar-refractivity contribution in [1.82, 2.24) is 14.5 Å². The molecule has 6 aromatic carbocycles. The van der Waals surface area contributed by atoms with Gasteiger partial charge >= 0.3 is 0 Å². The number of hydrogen-bond donors (Lipinski definition) is 0. The second-order valence-corrected chi connectivity index (χ2v) is 11.6. The summed E-state index contributed by atoms with van der Waals surface area (Å²) in [6.07, 6.45) is 0. The first-order valence-electron chi connectivity index (χ1n) is 15.5. The van der Waals surface area contributed by atoms with Crippen LogP contribution in [-0.4, -0.2) is 14.5 Å². The first kappa shape index (κ1) is 27.3. The van der Waals surface area contributed by atoms with E-state index in [1.807, 2.05) is 109 Å². The SMILES string of the molecule is [C-]#[N+]c1cc(-c2nc(-c3ccccc3)nc(-c3ccccc3)c2C#N)ccc1-n1c2ccccc2c2cc3oc4ccccc4c3cc21. The Hall–Kier alpha value is -7.02. The normalized spacial score (nSPS) is 11.3. The van der Waals surface area contributed by atoms with Gasteiger partial charge in [-0.15, -0.1) is 0 Å². The van der Waals surface area contributed by atoms with Crippen molar-refractivity contribution in [2.24, 2.45) is 0 Å². The molecule has 0 aliphatic heterocycles. The number of rotatable bonds is 4. The molecule has 48 heavy (non-hydrogen) atoms. The lowest BCUT2D eigenvalue weighted by molar-refractivity contribution is 0.669. The highest BCUT2D eigenvalue weighted by molar-refractivity contribution is 6.17. The number of nitrogens with zero attached hydrogens (tertiary/aromatic N) is 5. The van der Waals surface area contributed by atoms with Crippen molar-refractivity contribution in [3.05, 3.63) is 157 Å². The van der Waals surface area contributed by atoms with Crippen LogP contribution in [0.3, 0.4) is 0 Å². The van der Waals surface area contributed by atoms with Crippen LogP contribution in [0.1, 0.15) is 5.56 Å². The molecule has 0 unspecified atom stereocenters. The van der Waals surface area contributed by atoms with Gasteiger partial charge in [-0.05, 0) is 42.0 Å². The topological polar surface area (TPSA) is 72.0 Å². The van der Waals surface area contributed by atoms with Crippen LogP contribution in [0.4, 0.5) is 5.69 Å². The van der Waals surface area contributed by atoms with Crippen LogP contribution in [0.2, 0.25) is 0 Å². The largest absolute Gasteiger partial charge is 0.456 e. The van der Waals surface area contributed by atoms with Gasteiger partial charge in [0.2, 0.25) is 5.69 Å². The quantitative estimate of drug-likeness (QED) is 0.185. The van der Waals surface area contributed by atoms with Crippen molar-refractivity contribution in [2.75, 3.05) is 0 Å². The minimum atomic E-state index is 0.357. The smallest absolute Gasteiger partial charge is 0.211 e. The van der Waals surface area contributed by atoms with Crippen molar-refractivity contribution in [3.8, 4) is 45.7 Å². The Morgan fingerprint density at radius 2 is 1.25 bits per heavy atom. The number of aromatic nitrogens is 3. The van der Waals surface area contributed by atoms with E-state index in [9.17, 15) is 5.26 Å². The van der Waals surface area contributed by atoms with Gasteiger partial charge in [-0.3, -0.25) is 0 Å². The molecule has 6 heteroatoms.